The van der Waals surface area contributed by atoms with E-state index < -0.39 is 0 Å². The third-order valence-electron chi connectivity index (χ3n) is 4.21. The molecule has 0 aliphatic rings. The smallest absolute Gasteiger partial charge is 0.251 e. The molecule has 0 aliphatic heterocycles. The van der Waals surface area contributed by atoms with E-state index in [0.29, 0.717) is 6.54 Å². The van der Waals surface area contributed by atoms with E-state index in [4.69, 9.17) is 0 Å². The summed E-state index contributed by atoms with van der Waals surface area (Å²) in [5.74, 6) is -0.0964. The van der Waals surface area contributed by atoms with Crippen molar-refractivity contribution in [3.8, 4) is 0 Å². The molecule has 24 heavy (non-hydrogen) atoms. The van der Waals surface area contributed by atoms with E-state index in [0.717, 1.165) is 27.7 Å². The van der Waals surface area contributed by atoms with Gasteiger partial charge in [0, 0.05) is 30.1 Å². The predicted molar refractivity (Wildman–Crippen MR) is 97.4 cm³/mol. The molecule has 0 atom stereocenters. The van der Waals surface area contributed by atoms with Crippen molar-refractivity contribution in [2.75, 3.05) is 5.32 Å². The largest absolute Gasteiger partial charge is 0.326 e. The first kappa shape index (κ1) is 16.0. The Balaban J connectivity index is 1.80. The molecule has 1 heterocycles. The fourth-order valence-electron chi connectivity index (χ4n) is 2.87. The predicted octanol–water partition coefficient (Wildman–Crippen LogP) is 3.65. The Morgan fingerprint density at radius 1 is 1.00 bits per heavy atom. The van der Waals surface area contributed by atoms with Crippen LogP contribution < -0.4 is 10.9 Å². The number of amides is 1. The van der Waals surface area contributed by atoms with Crippen molar-refractivity contribution < 1.29 is 4.79 Å². The Morgan fingerprint density at radius 3 is 2.50 bits per heavy atom. The number of para-hydroxylation sites is 2. The molecule has 1 aromatic heterocycles. The van der Waals surface area contributed by atoms with Crippen LogP contribution in [0.25, 0.3) is 10.9 Å². The van der Waals surface area contributed by atoms with Crippen molar-refractivity contribution in [2.45, 2.75) is 26.8 Å². The minimum absolute atomic E-state index is 0.0742. The van der Waals surface area contributed by atoms with Crippen LogP contribution in [0.3, 0.4) is 0 Å². The number of carbonyl (C=O) groups excluding carboxylic acids is 1. The summed E-state index contributed by atoms with van der Waals surface area (Å²) in [5, 5.41) is 3.94. The molecule has 3 aromatic rings. The second-order valence-electron chi connectivity index (χ2n) is 5.95. The van der Waals surface area contributed by atoms with Crippen LogP contribution in [0, 0.1) is 13.8 Å². The van der Waals surface area contributed by atoms with Crippen LogP contribution in [0.5, 0.6) is 0 Å². The van der Waals surface area contributed by atoms with Gasteiger partial charge in [-0.3, -0.25) is 9.59 Å². The van der Waals surface area contributed by atoms with E-state index in [9.17, 15) is 9.59 Å². The second-order valence-corrected chi connectivity index (χ2v) is 5.95. The maximum absolute atomic E-state index is 12.3. The van der Waals surface area contributed by atoms with Gasteiger partial charge in [-0.25, -0.2) is 0 Å². The van der Waals surface area contributed by atoms with Crippen molar-refractivity contribution >= 4 is 22.5 Å². The van der Waals surface area contributed by atoms with Crippen molar-refractivity contribution in [2.24, 2.45) is 0 Å². The first-order chi connectivity index (χ1) is 11.6. The molecule has 0 radical (unpaired) electrons. The fraction of sp³-hybridized carbons (Fsp3) is 0.200. The Kier molecular flexibility index (Phi) is 4.47. The number of anilines is 1. The number of aromatic nitrogens is 1. The number of pyridine rings is 1. The van der Waals surface area contributed by atoms with Gasteiger partial charge in [0.15, 0.2) is 0 Å². The zero-order valence-electron chi connectivity index (χ0n) is 13.9. The molecule has 1 amide bonds. The molecular weight excluding hydrogens is 300 g/mol. The highest BCUT2D eigenvalue weighted by Gasteiger charge is 2.09. The van der Waals surface area contributed by atoms with Crippen LogP contribution in [0.15, 0.2) is 59.4 Å². The van der Waals surface area contributed by atoms with Gasteiger partial charge in [0.05, 0.1) is 5.52 Å². The lowest BCUT2D eigenvalue weighted by Crippen LogP contribution is -2.23. The molecule has 0 saturated heterocycles. The number of nitrogens with one attached hydrogen (secondary N) is 1. The topological polar surface area (TPSA) is 51.1 Å². The summed E-state index contributed by atoms with van der Waals surface area (Å²) in [6, 6.07) is 17.1. The maximum atomic E-state index is 12.3. The molecule has 0 saturated carbocycles. The summed E-state index contributed by atoms with van der Waals surface area (Å²) >= 11 is 0. The number of hydrogen-bond donors (Lipinski definition) is 1. The lowest BCUT2D eigenvalue weighted by Gasteiger charge is -2.12. The van der Waals surface area contributed by atoms with Crippen LogP contribution in [-0.2, 0) is 11.3 Å². The normalized spacial score (nSPS) is 10.8. The molecule has 0 fully saturated rings. The SMILES string of the molecule is Cc1ccccc1NC(=O)CCn1c(=O)cc(C)c2ccccc21. The highest BCUT2D eigenvalue weighted by atomic mass is 16.1. The van der Waals surface area contributed by atoms with E-state index in [-0.39, 0.29) is 17.9 Å². The Morgan fingerprint density at radius 2 is 1.71 bits per heavy atom. The molecule has 1 N–H and O–H groups in total. The highest BCUT2D eigenvalue weighted by molar-refractivity contribution is 5.91. The minimum Gasteiger partial charge on any atom is -0.326 e. The van der Waals surface area contributed by atoms with Gasteiger partial charge in [-0.05, 0) is 37.1 Å². The number of rotatable bonds is 4. The van der Waals surface area contributed by atoms with Crippen molar-refractivity contribution in [1.29, 1.82) is 0 Å². The van der Waals surface area contributed by atoms with Crippen LogP contribution in [-0.4, -0.2) is 10.5 Å². The van der Waals surface area contributed by atoms with Gasteiger partial charge in [-0.2, -0.15) is 0 Å². The lowest BCUT2D eigenvalue weighted by atomic mass is 10.1. The van der Waals surface area contributed by atoms with E-state index >= 15 is 0 Å². The molecule has 0 spiro atoms. The Labute approximate surface area is 140 Å². The number of benzene rings is 2. The number of hydrogen-bond acceptors (Lipinski definition) is 2. The second kappa shape index (κ2) is 6.71. The van der Waals surface area contributed by atoms with E-state index in [1.807, 2.05) is 62.4 Å². The standard InChI is InChI=1S/C20H20N2O2/c1-14-7-3-5-9-17(14)21-19(23)11-12-22-18-10-6-4-8-16(18)15(2)13-20(22)24/h3-10,13H,11-12H2,1-2H3,(H,21,23). The molecule has 2 aromatic carbocycles. The molecule has 4 heteroatoms. The third kappa shape index (κ3) is 3.23. The van der Waals surface area contributed by atoms with Crippen molar-refractivity contribution in [3.63, 3.8) is 0 Å². The highest BCUT2D eigenvalue weighted by Crippen LogP contribution is 2.17. The summed E-state index contributed by atoms with van der Waals surface area (Å²) in [4.78, 5) is 24.5. The molecule has 0 unspecified atom stereocenters. The molecular formula is C20H20N2O2. The summed E-state index contributed by atoms with van der Waals surface area (Å²) in [6.07, 6.45) is 0.251. The average Bonchev–Trinajstić information content (AvgIpc) is 2.57. The lowest BCUT2D eigenvalue weighted by molar-refractivity contribution is -0.116. The maximum Gasteiger partial charge on any atom is 0.251 e. The van der Waals surface area contributed by atoms with Crippen LogP contribution in [0.2, 0.25) is 0 Å². The van der Waals surface area contributed by atoms with E-state index in [1.165, 1.54) is 0 Å². The minimum atomic E-state index is -0.0964. The van der Waals surface area contributed by atoms with E-state index in [2.05, 4.69) is 5.32 Å². The zero-order valence-corrected chi connectivity index (χ0v) is 13.9. The van der Waals surface area contributed by atoms with Crippen LogP contribution >= 0.6 is 0 Å². The van der Waals surface area contributed by atoms with Crippen LogP contribution in [0.1, 0.15) is 17.5 Å². The first-order valence-electron chi connectivity index (χ1n) is 8.01. The average molecular weight is 320 g/mol. The number of aryl methyl sites for hydroxylation is 3. The molecule has 4 nitrogen and oxygen atoms in total. The summed E-state index contributed by atoms with van der Waals surface area (Å²) in [6.45, 7) is 4.24. The fourth-order valence-corrected chi connectivity index (χ4v) is 2.87. The van der Waals surface area contributed by atoms with Gasteiger partial charge in [-0.15, -0.1) is 0 Å². The first-order valence-corrected chi connectivity index (χ1v) is 8.01. The Hall–Kier alpha value is -2.88. The number of fused-ring (bicyclic) bond motifs is 1. The number of carbonyl (C=O) groups is 1. The molecule has 0 aliphatic carbocycles. The quantitative estimate of drug-likeness (QED) is 0.798. The molecule has 0 bridgehead atoms. The summed E-state index contributed by atoms with van der Waals surface area (Å²) in [5.41, 5.74) is 3.57. The van der Waals surface area contributed by atoms with Gasteiger partial charge >= 0.3 is 0 Å². The summed E-state index contributed by atoms with van der Waals surface area (Å²) < 4.78 is 1.67. The Bertz CT molecular complexity index is 957. The van der Waals surface area contributed by atoms with E-state index in [1.54, 1.807) is 10.6 Å². The molecule has 122 valence electrons. The van der Waals surface area contributed by atoms with Gasteiger partial charge in [-0.1, -0.05) is 36.4 Å². The van der Waals surface area contributed by atoms with Gasteiger partial charge in [0.25, 0.3) is 5.56 Å². The van der Waals surface area contributed by atoms with Gasteiger partial charge < -0.3 is 9.88 Å². The number of nitrogens with zero attached hydrogens (tertiary/aromatic N) is 1. The summed E-state index contributed by atoms with van der Waals surface area (Å²) in [7, 11) is 0. The monoisotopic (exact) mass is 320 g/mol. The molecule has 3 rings (SSSR count). The van der Waals surface area contributed by atoms with Crippen molar-refractivity contribution in [1.82, 2.24) is 4.57 Å². The van der Waals surface area contributed by atoms with Gasteiger partial charge in [0.2, 0.25) is 5.91 Å². The third-order valence-corrected chi connectivity index (χ3v) is 4.21. The zero-order chi connectivity index (χ0) is 17.1. The van der Waals surface area contributed by atoms with Crippen molar-refractivity contribution in [3.05, 3.63) is 76.1 Å². The van der Waals surface area contributed by atoms with Gasteiger partial charge in [0.1, 0.15) is 0 Å². The van der Waals surface area contributed by atoms with Crippen LogP contribution in [0.4, 0.5) is 5.69 Å².